The first-order chi connectivity index (χ1) is 14.5. The molecule has 4 N–H and O–H groups in total. The van der Waals surface area contributed by atoms with Crippen molar-refractivity contribution < 1.29 is 13.2 Å². The van der Waals surface area contributed by atoms with Gasteiger partial charge in [0.05, 0.1) is 12.6 Å². The zero-order valence-electron chi connectivity index (χ0n) is 15.8. The van der Waals surface area contributed by atoms with Crippen LogP contribution in [0, 0.1) is 11.6 Å². The van der Waals surface area contributed by atoms with Gasteiger partial charge in [-0.05, 0) is 31.0 Å². The van der Waals surface area contributed by atoms with Gasteiger partial charge in [-0.25, -0.2) is 13.2 Å². The highest BCUT2D eigenvalue weighted by Crippen LogP contribution is 2.40. The summed E-state index contributed by atoms with van der Waals surface area (Å²) in [7, 11) is 0. The van der Waals surface area contributed by atoms with Gasteiger partial charge in [-0.1, -0.05) is 0 Å². The molecule has 3 heterocycles. The van der Waals surface area contributed by atoms with Gasteiger partial charge in [0.1, 0.15) is 17.8 Å². The van der Waals surface area contributed by atoms with Crippen LogP contribution in [0.5, 0.6) is 0 Å². The van der Waals surface area contributed by atoms with Crippen LogP contribution in [0.25, 0.3) is 0 Å². The maximum absolute atomic E-state index is 14.3. The normalized spacial score (nSPS) is 21.2. The number of anilines is 4. The SMILES string of the molecule is Nc1nc(Nc2cc(C3CC3)[nH]n2)nc(N2CC(F)CC2c2cc(F)ccc2F)n1. The van der Waals surface area contributed by atoms with Gasteiger partial charge in [0.2, 0.25) is 17.8 Å². The summed E-state index contributed by atoms with van der Waals surface area (Å²) in [4.78, 5) is 13.9. The van der Waals surface area contributed by atoms with Crippen LogP contribution in [-0.2, 0) is 0 Å². The molecular formula is C19H19F3N8. The summed E-state index contributed by atoms with van der Waals surface area (Å²) in [5.41, 5.74) is 6.91. The predicted molar refractivity (Wildman–Crippen MR) is 104 cm³/mol. The molecule has 1 saturated carbocycles. The Hall–Kier alpha value is -3.37. The van der Waals surface area contributed by atoms with E-state index in [9.17, 15) is 13.2 Å². The Morgan fingerprint density at radius 3 is 2.77 bits per heavy atom. The van der Waals surface area contributed by atoms with E-state index in [2.05, 4.69) is 30.5 Å². The van der Waals surface area contributed by atoms with Gasteiger partial charge in [0.25, 0.3) is 0 Å². The summed E-state index contributed by atoms with van der Waals surface area (Å²) < 4.78 is 42.3. The van der Waals surface area contributed by atoms with Crippen molar-refractivity contribution in [1.29, 1.82) is 0 Å². The maximum atomic E-state index is 14.3. The second-order valence-electron chi connectivity index (χ2n) is 7.59. The summed E-state index contributed by atoms with van der Waals surface area (Å²) in [5.74, 6) is -0.0719. The average Bonchev–Trinajstić information content (AvgIpc) is 3.33. The number of halogens is 3. The molecule has 1 aliphatic carbocycles. The van der Waals surface area contributed by atoms with Crippen LogP contribution in [0.15, 0.2) is 24.3 Å². The zero-order valence-corrected chi connectivity index (χ0v) is 15.8. The quantitative estimate of drug-likeness (QED) is 0.585. The molecule has 156 valence electrons. The molecule has 1 saturated heterocycles. The van der Waals surface area contributed by atoms with E-state index in [0.29, 0.717) is 11.7 Å². The minimum atomic E-state index is -1.25. The Balaban J connectivity index is 1.45. The summed E-state index contributed by atoms with van der Waals surface area (Å²) in [5, 5.41) is 10.1. The number of aromatic nitrogens is 5. The lowest BCUT2D eigenvalue weighted by Crippen LogP contribution is -2.27. The van der Waals surface area contributed by atoms with Gasteiger partial charge in [-0.3, -0.25) is 5.10 Å². The van der Waals surface area contributed by atoms with E-state index in [1.54, 1.807) is 0 Å². The Labute approximate surface area is 169 Å². The summed E-state index contributed by atoms with van der Waals surface area (Å²) >= 11 is 0. The minimum absolute atomic E-state index is 0.0150. The van der Waals surface area contributed by atoms with Crippen LogP contribution in [-0.4, -0.2) is 37.9 Å². The molecule has 5 rings (SSSR count). The molecule has 11 heteroatoms. The zero-order chi connectivity index (χ0) is 20.8. The fourth-order valence-corrected chi connectivity index (χ4v) is 3.75. The Morgan fingerprint density at radius 1 is 1.13 bits per heavy atom. The molecule has 3 aromatic rings. The van der Waals surface area contributed by atoms with Gasteiger partial charge >= 0.3 is 0 Å². The molecule has 2 aliphatic rings. The largest absolute Gasteiger partial charge is 0.368 e. The average molecular weight is 416 g/mol. The third-order valence-electron chi connectivity index (χ3n) is 5.32. The lowest BCUT2D eigenvalue weighted by Gasteiger charge is -2.25. The number of nitrogens with zero attached hydrogens (tertiary/aromatic N) is 5. The highest BCUT2D eigenvalue weighted by molar-refractivity contribution is 5.53. The van der Waals surface area contributed by atoms with Crippen molar-refractivity contribution >= 4 is 23.7 Å². The molecule has 2 atom stereocenters. The molecule has 1 aliphatic heterocycles. The number of benzene rings is 1. The molecular weight excluding hydrogens is 397 g/mol. The molecule has 2 fully saturated rings. The highest BCUT2D eigenvalue weighted by Gasteiger charge is 2.37. The van der Waals surface area contributed by atoms with Crippen LogP contribution in [0.3, 0.4) is 0 Å². The fraction of sp³-hybridized carbons (Fsp3) is 0.368. The molecule has 30 heavy (non-hydrogen) atoms. The van der Waals surface area contributed by atoms with E-state index in [4.69, 9.17) is 5.73 Å². The molecule has 0 radical (unpaired) electrons. The lowest BCUT2D eigenvalue weighted by atomic mass is 10.0. The number of rotatable bonds is 5. The van der Waals surface area contributed by atoms with Crippen molar-refractivity contribution in [2.75, 3.05) is 22.5 Å². The van der Waals surface area contributed by atoms with Gasteiger partial charge in [0.15, 0.2) is 5.82 Å². The van der Waals surface area contributed by atoms with Gasteiger partial charge in [-0.2, -0.15) is 20.1 Å². The number of nitrogen functional groups attached to an aromatic ring is 1. The summed E-state index contributed by atoms with van der Waals surface area (Å²) in [6.45, 7) is -0.0717. The number of H-pyrrole nitrogens is 1. The Bertz CT molecular complexity index is 1080. The van der Waals surface area contributed by atoms with Gasteiger partial charge in [0, 0.05) is 29.7 Å². The lowest BCUT2D eigenvalue weighted by molar-refractivity contribution is 0.355. The summed E-state index contributed by atoms with van der Waals surface area (Å²) in [6.07, 6.45) is 0.988. The number of aromatic amines is 1. The molecule has 8 nitrogen and oxygen atoms in total. The summed E-state index contributed by atoms with van der Waals surface area (Å²) in [6, 6.07) is 4.22. The Kier molecular flexibility index (Phi) is 4.44. The van der Waals surface area contributed by atoms with Crippen LogP contribution < -0.4 is 16.0 Å². The van der Waals surface area contributed by atoms with E-state index in [-0.39, 0.29) is 36.4 Å². The van der Waals surface area contributed by atoms with Crippen molar-refractivity contribution in [3.8, 4) is 0 Å². The number of hydrogen-bond donors (Lipinski definition) is 3. The predicted octanol–water partition coefficient (Wildman–Crippen LogP) is 3.37. The maximum Gasteiger partial charge on any atom is 0.235 e. The van der Waals surface area contributed by atoms with Crippen molar-refractivity contribution in [3.05, 3.63) is 47.2 Å². The first-order valence-corrected chi connectivity index (χ1v) is 9.66. The van der Waals surface area contributed by atoms with Gasteiger partial charge in [-0.15, -0.1) is 0 Å². The molecule has 1 aromatic carbocycles. The van der Waals surface area contributed by atoms with Gasteiger partial charge < -0.3 is 16.0 Å². The van der Waals surface area contributed by atoms with Crippen LogP contribution in [0.4, 0.5) is 36.8 Å². The molecule has 2 aromatic heterocycles. The molecule has 0 bridgehead atoms. The van der Waals surface area contributed by atoms with Crippen molar-refractivity contribution in [3.63, 3.8) is 0 Å². The minimum Gasteiger partial charge on any atom is -0.368 e. The highest BCUT2D eigenvalue weighted by atomic mass is 19.1. The smallest absolute Gasteiger partial charge is 0.235 e. The second-order valence-corrected chi connectivity index (χ2v) is 7.59. The molecule has 0 amide bonds. The number of nitrogens with one attached hydrogen (secondary N) is 2. The van der Waals surface area contributed by atoms with Crippen LogP contribution in [0.2, 0.25) is 0 Å². The third-order valence-corrected chi connectivity index (χ3v) is 5.32. The van der Waals surface area contributed by atoms with E-state index >= 15 is 0 Å². The standard InChI is InChI=1S/C19H19F3N8/c20-10-3-4-13(22)12(5-10)15-6-11(21)8-30(15)19-26-17(23)25-18(27-19)24-16-7-14(28-29-16)9-1-2-9/h3-5,7,9,11,15H,1-2,6,8H2,(H4,23,24,25,26,27,28,29). The van der Waals surface area contributed by atoms with Crippen LogP contribution >= 0.6 is 0 Å². The first-order valence-electron chi connectivity index (χ1n) is 9.66. The Morgan fingerprint density at radius 2 is 1.97 bits per heavy atom. The monoisotopic (exact) mass is 416 g/mol. The van der Waals surface area contributed by atoms with Crippen LogP contribution in [0.1, 0.15) is 42.5 Å². The van der Waals surface area contributed by atoms with Crippen molar-refractivity contribution in [2.45, 2.75) is 37.4 Å². The third kappa shape index (κ3) is 3.62. The molecule has 2 unspecified atom stereocenters. The van der Waals surface area contributed by atoms with E-state index in [0.717, 1.165) is 36.7 Å². The first kappa shape index (κ1) is 18.6. The fourth-order valence-electron chi connectivity index (χ4n) is 3.75. The van der Waals surface area contributed by atoms with Crippen molar-refractivity contribution in [2.24, 2.45) is 0 Å². The van der Waals surface area contributed by atoms with E-state index in [1.807, 2.05) is 6.07 Å². The second kappa shape index (κ2) is 7.15. The van der Waals surface area contributed by atoms with Crippen molar-refractivity contribution in [1.82, 2.24) is 25.1 Å². The number of alkyl halides is 1. The number of hydrogen-bond acceptors (Lipinski definition) is 7. The van der Waals surface area contributed by atoms with E-state index < -0.39 is 23.8 Å². The topological polar surface area (TPSA) is 109 Å². The van der Waals surface area contributed by atoms with E-state index in [1.165, 1.54) is 4.90 Å². The molecule has 0 spiro atoms. The number of nitrogens with two attached hydrogens (primary N) is 1.